The lowest BCUT2D eigenvalue weighted by Crippen LogP contribution is -2.29. The first kappa shape index (κ1) is 14.6. The van der Waals surface area contributed by atoms with Crippen molar-refractivity contribution in [1.29, 1.82) is 0 Å². The highest BCUT2D eigenvalue weighted by molar-refractivity contribution is 6.30. The zero-order chi connectivity index (χ0) is 15.6. The lowest BCUT2D eigenvalue weighted by atomic mass is 9.82. The lowest BCUT2D eigenvalue weighted by molar-refractivity contribution is 0.125. The fourth-order valence-corrected chi connectivity index (χ4v) is 2.49. The molecule has 1 atom stereocenters. The van der Waals surface area contributed by atoms with E-state index >= 15 is 0 Å². The van der Waals surface area contributed by atoms with Crippen LogP contribution in [0.3, 0.4) is 0 Å². The van der Waals surface area contributed by atoms with Crippen LogP contribution in [0.1, 0.15) is 16.7 Å². The number of rotatable bonds is 3. The molecule has 5 heteroatoms. The van der Waals surface area contributed by atoms with Gasteiger partial charge in [0, 0.05) is 23.0 Å². The van der Waals surface area contributed by atoms with E-state index in [0.717, 1.165) is 0 Å². The number of hydrogen-bond acceptors (Lipinski definition) is 3. The largest absolute Gasteiger partial charge is 0.376 e. The Labute approximate surface area is 132 Å². The molecule has 0 amide bonds. The van der Waals surface area contributed by atoms with Gasteiger partial charge in [-0.05, 0) is 35.4 Å². The molecular weight excluding hydrogens is 303 g/mol. The van der Waals surface area contributed by atoms with Gasteiger partial charge in [-0.3, -0.25) is 0 Å². The molecule has 0 aliphatic carbocycles. The quantitative estimate of drug-likeness (QED) is 0.804. The fraction of sp³-hybridized carbons (Fsp3) is 0.0588. The van der Waals surface area contributed by atoms with Crippen LogP contribution in [0.15, 0.2) is 67.3 Å². The maximum atomic E-state index is 13.2. The summed E-state index contributed by atoms with van der Waals surface area (Å²) in [6.07, 6.45) is 4.45. The molecule has 0 aliphatic heterocycles. The second-order valence-electron chi connectivity index (χ2n) is 4.85. The van der Waals surface area contributed by atoms with Crippen LogP contribution in [0.25, 0.3) is 0 Å². The van der Waals surface area contributed by atoms with E-state index in [0.29, 0.717) is 21.7 Å². The van der Waals surface area contributed by atoms with Crippen LogP contribution in [0, 0.1) is 5.82 Å². The van der Waals surface area contributed by atoms with E-state index in [1.807, 2.05) is 0 Å². The average Bonchev–Trinajstić information content (AvgIpc) is 2.56. The molecule has 0 radical (unpaired) electrons. The maximum Gasteiger partial charge on any atom is 0.143 e. The number of aliphatic hydroxyl groups is 1. The molecule has 0 aliphatic rings. The second kappa shape index (κ2) is 5.83. The molecule has 3 nitrogen and oxygen atoms in total. The highest BCUT2D eigenvalue weighted by Gasteiger charge is 2.34. The predicted octanol–water partition coefficient (Wildman–Crippen LogP) is 3.55. The summed E-state index contributed by atoms with van der Waals surface area (Å²) in [6, 6.07) is 12.5. The van der Waals surface area contributed by atoms with Gasteiger partial charge in [-0.15, -0.1) is 0 Å². The molecule has 0 saturated heterocycles. The van der Waals surface area contributed by atoms with Crippen LogP contribution in [0.5, 0.6) is 0 Å². The minimum absolute atomic E-state index is 0.369. The van der Waals surface area contributed by atoms with E-state index in [1.54, 1.807) is 24.3 Å². The zero-order valence-corrected chi connectivity index (χ0v) is 12.2. The SMILES string of the molecule is O[C@@](c1ccc(F)cc1)(c1ccc(Cl)cc1)c1cncnc1. The first-order valence-corrected chi connectivity index (χ1v) is 6.98. The average molecular weight is 315 g/mol. The first-order chi connectivity index (χ1) is 10.6. The summed E-state index contributed by atoms with van der Waals surface area (Å²) in [4.78, 5) is 7.93. The topological polar surface area (TPSA) is 46.0 Å². The Kier molecular flexibility index (Phi) is 3.88. The molecule has 22 heavy (non-hydrogen) atoms. The third-order valence-electron chi connectivity index (χ3n) is 3.50. The highest BCUT2D eigenvalue weighted by Crippen LogP contribution is 2.36. The Morgan fingerprint density at radius 2 is 1.32 bits per heavy atom. The number of benzene rings is 2. The smallest absolute Gasteiger partial charge is 0.143 e. The van der Waals surface area contributed by atoms with Gasteiger partial charge in [0.2, 0.25) is 0 Å². The summed E-state index contributed by atoms with van der Waals surface area (Å²) in [5.41, 5.74) is 0.118. The number of hydrogen-bond donors (Lipinski definition) is 1. The van der Waals surface area contributed by atoms with Crippen molar-refractivity contribution in [3.63, 3.8) is 0 Å². The van der Waals surface area contributed by atoms with Gasteiger partial charge < -0.3 is 5.11 Å². The monoisotopic (exact) mass is 314 g/mol. The van der Waals surface area contributed by atoms with Crippen molar-refractivity contribution in [2.75, 3.05) is 0 Å². The number of aromatic nitrogens is 2. The van der Waals surface area contributed by atoms with Crippen molar-refractivity contribution in [1.82, 2.24) is 9.97 Å². The second-order valence-corrected chi connectivity index (χ2v) is 5.29. The van der Waals surface area contributed by atoms with E-state index in [9.17, 15) is 9.50 Å². The summed E-state index contributed by atoms with van der Waals surface area (Å²) in [5, 5.41) is 11.9. The third kappa shape index (κ3) is 2.58. The molecular formula is C17H12ClFN2O. The van der Waals surface area contributed by atoms with Gasteiger partial charge >= 0.3 is 0 Å². The molecule has 0 unspecified atom stereocenters. The Morgan fingerprint density at radius 1 is 0.818 bits per heavy atom. The van der Waals surface area contributed by atoms with Gasteiger partial charge in [-0.2, -0.15) is 0 Å². The van der Waals surface area contributed by atoms with Crippen LogP contribution in [0.2, 0.25) is 5.02 Å². The maximum absolute atomic E-state index is 13.2. The molecule has 0 bridgehead atoms. The van der Waals surface area contributed by atoms with Gasteiger partial charge in [0.1, 0.15) is 17.7 Å². The molecule has 1 heterocycles. The Balaban J connectivity index is 2.22. The Bertz CT molecular complexity index is 715. The number of nitrogens with zero attached hydrogens (tertiary/aromatic N) is 2. The molecule has 110 valence electrons. The van der Waals surface area contributed by atoms with Gasteiger partial charge in [-0.25, -0.2) is 14.4 Å². The summed E-state index contributed by atoms with van der Waals surface area (Å²) in [5.74, 6) is -0.369. The van der Waals surface area contributed by atoms with E-state index < -0.39 is 5.60 Å². The van der Waals surface area contributed by atoms with E-state index in [1.165, 1.54) is 43.0 Å². The molecule has 3 aromatic rings. The van der Waals surface area contributed by atoms with E-state index in [2.05, 4.69) is 9.97 Å². The lowest BCUT2D eigenvalue weighted by Gasteiger charge is -2.29. The third-order valence-corrected chi connectivity index (χ3v) is 3.75. The summed E-state index contributed by atoms with van der Waals surface area (Å²) in [7, 11) is 0. The summed E-state index contributed by atoms with van der Waals surface area (Å²) >= 11 is 5.92. The fourth-order valence-electron chi connectivity index (χ4n) is 2.37. The molecule has 0 fully saturated rings. The minimum Gasteiger partial charge on any atom is -0.376 e. The highest BCUT2D eigenvalue weighted by atomic mass is 35.5. The van der Waals surface area contributed by atoms with E-state index in [-0.39, 0.29) is 5.82 Å². The van der Waals surface area contributed by atoms with Gasteiger partial charge in [-0.1, -0.05) is 35.9 Å². The molecule has 2 aromatic carbocycles. The van der Waals surface area contributed by atoms with Crippen molar-refractivity contribution >= 4 is 11.6 Å². The Morgan fingerprint density at radius 3 is 1.86 bits per heavy atom. The van der Waals surface area contributed by atoms with Gasteiger partial charge in [0.15, 0.2) is 0 Å². The van der Waals surface area contributed by atoms with Gasteiger partial charge in [0.05, 0.1) is 0 Å². The Hall–Kier alpha value is -2.30. The van der Waals surface area contributed by atoms with Crippen molar-refractivity contribution < 1.29 is 9.50 Å². The van der Waals surface area contributed by atoms with Crippen molar-refractivity contribution in [2.24, 2.45) is 0 Å². The van der Waals surface area contributed by atoms with Crippen molar-refractivity contribution in [3.8, 4) is 0 Å². The zero-order valence-electron chi connectivity index (χ0n) is 11.4. The summed E-state index contributed by atoms with van der Waals surface area (Å²) in [6.45, 7) is 0. The van der Waals surface area contributed by atoms with Crippen LogP contribution in [-0.4, -0.2) is 15.1 Å². The molecule has 1 aromatic heterocycles. The van der Waals surface area contributed by atoms with Gasteiger partial charge in [0.25, 0.3) is 0 Å². The first-order valence-electron chi connectivity index (χ1n) is 6.60. The molecule has 0 saturated carbocycles. The normalized spacial score (nSPS) is 13.6. The van der Waals surface area contributed by atoms with Crippen molar-refractivity contribution in [3.05, 3.63) is 94.8 Å². The van der Waals surface area contributed by atoms with Crippen LogP contribution in [0.4, 0.5) is 4.39 Å². The minimum atomic E-state index is -1.49. The molecule has 0 spiro atoms. The van der Waals surface area contributed by atoms with E-state index in [4.69, 9.17) is 11.6 Å². The number of halogens is 2. The standard InChI is InChI=1S/C17H12ClFN2O/c18-15-5-1-12(2-6-15)17(22,14-9-20-11-21-10-14)13-3-7-16(19)8-4-13/h1-11,22H/t17-/m1/s1. The van der Waals surface area contributed by atoms with Crippen LogP contribution >= 0.6 is 11.6 Å². The predicted molar refractivity (Wildman–Crippen MR) is 82.0 cm³/mol. The molecule has 1 N–H and O–H groups in total. The van der Waals surface area contributed by atoms with Crippen LogP contribution < -0.4 is 0 Å². The summed E-state index contributed by atoms with van der Waals surface area (Å²) < 4.78 is 13.2. The van der Waals surface area contributed by atoms with Crippen LogP contribution in [-0.2, 0) is 5.60 Å². The van der Waals surface area contributed by atoms with Crippen molar-refractivity contribution in [2.45, 2.75) is 5.60 Å². The molecule has 3 rings (SSSR count).